The fourth-order valence-corrected chi connectivity index (χ4v) is 4.55. The average molecular weight is 434 g/mol. The van der Waals surface area contributed by atoms with Crippen LogP contribution in [0.25, 0.3) is 0 Å². The lowest BCUT2D eigenvalue weighted by Crippen LogP contribution is -2.32. The molecule has 160 valence electrons. The molecule has 4 rings (SSSR count). The molecule has 2 heterocycles. The summed E-state index contributed by atoms with van der Waals surface area (Å²) in [7, 11) is 0. The first-order valence-electron chi connectivity index (χ1n) is 10.6. The molecular weight excluding hydrogens is 406 g/mol. The van der Waals surface area contributed by atoms with E-state index in [2.05, 4.69) is 24.5 Å². The van der Waals surface area contributed by atoms with Crippen molar-refractivity contribution in [3.8, 4) is 0 Å². The molecule has 2 amide bonds. The van der Waals surface area contributed by atoms with Crippen LogP contribution in [0.1, 0.15) is 52.5 Å². The van der Waals surface area contributed by atoms with Gasteiger partial charge in [-0.3, -0.25) is 9.59 Å². The molecule has 0 radical (unpaired) electrons. The fraction of sp³-hybridized carbons (Fsp3) is 0.280. The van der Waals surface area contributed by atoms with E-state index in [4.69, 9.17) is 0 Å². The van der Waals surface area contributed by atoms with Crippen LogP contribution in [0.3, 0.4) is 0 Å². The monoisotopic (exact) mass is 433 g/mol. The minimum Gasteiger partial charge on any atom is -0.380 e. The van der Waals surface area contributed by atoms with Gasteiger partial charge in [0.2, 0.25) is 0 Å². The summed E-state index contributed by atoms with van der Waals surface area (Å²) < 4.78 is 0. The van der Waals surface area contributed by atoms with E-state index in [1.165, 1.54) is 16.9 Å². The number of benzene rings is 2. The van der Waals surface area contributed by atoms with Gasteiger partial charge in [0.05, 0.1) is 5.56 Å². The molecule has 31 heavy (non-hydrogen) atoms. The number of anilines is 2. The normalized spacial score (nSPS) is 15.8. The topological polar surface area (TPSA) is 61.4 Å². The summed E-state index contributed by atoms with van der Waals surface area (Å²) >= 11 is 1.38. The van der Waals surface area contributed by atoms with Crippen molar-refractivity contribution in [3.05, 3.63) is 82.7 Å². The number of hydrogen-bond acceptors (Lipinski definition) is 4. The third-order valence-electron chi connectivity index (χ3n) is 5.58. The fourth-order valence-electron chi connectivity index (χ4n) is 3.77. The zero-order chi connectivity index (χ0) is 21.8. The number of carbonyl (C=O) groups is 2. The van der Waals surface area contributed by atoms with Crippen LogP contribution in [-0.2, 0) is 0 Å². The van der Waals surface area contributed by atoms with Gasteiger partial charge >= 0.3 is 0 Å². The standard InChI is InChI=1S/C25H27N3O2S/c1-17(2)18-8-10-19(11-9-18)23(29)27-24-22(13-15-31-24)25(30)28-14-12-21(16-28)26-20-6-4-3-5-7-20/h3-11,13,15,17,21,26H,12,14,16H2,1-2H3,(H,27,29). The molecular formula is C25H27N3O2S. The summed E-state index contributed by atoms with van der Waals surface area (Å²) in [5.74, 6) is 0.181. The Hall–Kier alpha value is -3.12. The molecule has 1 unspecified atom stereocenters. The minimum atomic E-state index is -0.197. The predicted octanol–water partition coefficient (Wildman–Crippen LogP) is 5.45. The highest BCUT2D eigenvalue weighted by Gasteiger charge is 2.29. The Morgan fingerprint density at radius 1 is 1.03 bits per heavy atom. The number of likely N-dealkylation sites (tertiary alicyclic amines) is 1. The molecule has 6 heteroatoms. The lowest BCUT2D eigenvalue weighted by Gasteiger charge is -2.18. The maximum atomic E-state index is 13.1. The number of para-hydroxylation sites is 1. The van der Waals surface area contributed by atoms with Gasteiger partial charge in [0, 0.05) is 30.4 Å². The number of rotatable bonds is 6. The van der Waals surface area contributed by atoms with Crippen molar-refractivity contribution in [2.45, 2.75) is 32.2 Å². The van der Waals surface area contributed by atoms with Gasteiger partial charge in [-0.1, -0.05) is 44.2 Å². The van der Waals surface area contributed by atoms with Gasteiger partial charge in [0.25, 0.3) is 11.8 Å². The molecule has 2 aromatic carbocycles. The van der Waals surface area contributed by atoms with E-state index >= 15 is 0 Å². The zero-order valence-corrected chi connectivity index (χ0v) is 18.6. The third-order valence-corrected chi connectivity index (χ3v) is 6.41. The largest absolute Gasteiger partial charge is 0.380 e. The van der Waals surface area contributed by atoms with Gasteiger partial charge in [-0.15, -0.1) is 11.3 Å². The molecule has 1 fully saturated rings. The summed E-state index contributed by atoms with van der Waals surface area (Å²) in [6.45, 7) is 5.59. The van der Waals surface area contributed by atoms with Gasteiger partial charge in [0.1, 0.15) is 5.00 Å². The summed E-state index contributed by atoms with van der Waals surface area (Å²) in [5.41, 5.74) is 3.40. The van der Waals surface area contributed by atoms with Crippen LogP contribution in [0.2, 0.25) is 0 Å². The minimum absolute atomic E-state index is 0.0379. The quantitative estimate of drug-likeness (QED) is 0.543. The molecule has 0 saturated carbocycles. The highest BCUT2D eigenvalue weighted by atomic mass is 32.1. The number of amides is 2. The third kappa shape index (κ3) is 4.97. The number of nitrogens with one attached hydrogen (secondary N) is 2. The molecule has 2 N–H and O–H groups in total. The Bertz CT molecular complexity index is 1040. The van der Waals surface area contributed by atoms with Crippen molar-refractivity contribution in [1.29, 1.82) is 0 Å². The Morgan fingerprint density at radius 2 is 1.77 bits per heavy atom. The molecule has 0 aliphatic carbocycles. The Kier molecular flexibility index (Phi) is 6.37. The molecule has 1 saturated heterocycles. The van der Waals surface area contributed by atoms with Crippen molar-refractivity contribution in [3.63, 3.8) is 0 Å². The highest BCUT2D eigenvalue weighted by Crippen LogP contribution is 2.27. The average Bonchev–Trinajstić information content (AvgIpc) is 3.44. The maximum Gasteiger partial charge on any atom is 0.256 e. The van der Waals surface area contributed by atoms with Crippen LogP contribution in [0.5, 0.6) is 0 Å². The number of thiophene rings is 1. The van der Waals surface area contributed by atoms with Crippen LogP contribution in [-0.4, -0.2) is 35.8 Å². The van der Waals surface area contributed by atoms with Crippen LogP contribution < -0.4 is 10.6 Å². The molecule has 3 aromatic rings. The van der Waals surface area contributed by atoms with E-state index in [0.29, 0.717) is 35.1 Å². The Balaban J connectivity index is 1.39. The summed E-state index contributed by atoms with van der Waals surface area (Å²) in [4.78, 5) is 27.7. The second-order valence-corrected chi connectivity index (χ2v) is 9.06. The van der Waals surface area contributed by atoms with Gasteiger partial charge in [-0.05, 0) is 53.6 Å². The van der Waals surface area contributed by atoms with Gasteiger partial charge in [-0.2, -0.15) is 0 Å². The van der Waals surface area contributed by atoms with E-state index in [0.717, 1.165) is 12.1 Å². The Morgan fingerprint density at radius 3 is 2.48 bits per heavy atom. The van der Waals surface area contributed by atoms with E-state index in [1.807, 2.05) is 64.9 Å². The summed E-state index contributed by atoms with van der Waals surface area (Å²) in [6, 6.07) is 19.7. The van der Waals surface area contributed by atoms with Crippen molar-refractivity contribution in [2.75, 3.05) is 23.7 Å². The smallest absolute Gasteiger partial charge is 0.256 e. The van der Waals surface area contributed by atoms with Crippen LogP contribution in [0, 0.1) is 0 Å². The van der Waals surface area contributed by atoms with Crippen molar-refractivity contribution >= 4 is 33.8 Å². The van der Waals surface area contributed by atoms with Gasteiger partial charge in [0.15, 0.2) is 0 Å². The first-order chi connectivity index (χ1) is 15.0. The maximum absolute atomic E-state index is 13.1. The number of carbonyl (C=O) groups excluding carboxylic acids is 2. The summed E-state index contributed by atoms with van der Waals surface area (Å²) in [6.07, 6.45) is 0.897. The molecule has 0 bridgehead atoms. The van der Waals surface area contributed by atoms with Crippen molar-refractivity contribution in [2.24, 2.45) is 0 Å². The molecule has 5 nitrogen and oxygen atoms in total. The molecule has 0 spiro atoms. The Labute approximate surface area is 187 Å². The van der Waals surface area contributed by atoms with E-state index < -0.39 is 0 Å². The predicted molar refractivity (Wildman–Crippen MR) is 127 cm³/mol. The van der Waals surface area contributed by atoms with E-state index in [9.17, 15) is 9.59 Å². The first-order valence-corrected chi connectivity index (χ1v) is 11.5. The highest BCUT2D eigenvalue weighted by molar-refractivity contribution is 7.14. The van der Waals surface area contributed by atoms with Crippen molar-refractivity contribution < 1.29 is 9.59 Å². The van der Waals surface area contributed by atoms with Crippen LogP contribution in [0.15, 0.2) is 66.0 Å². The molecule has 1 aliphatic rings. The van der Waals surface area contributed by atoms with Gasteiger partial charge in [-0.25, -0.2) is 0 Å². The van der Waals surface area contributed by atoms with Crippen LogP contribution in [0.4, 0.5) is 10.7 Å². The lowest BCUT2D eigenvalue weighted by molar-refractivity contribution is 0.0793. The SMILES string of the molecule is CC(C)c1ccc(C(=O)Nc2sccc2C(=O)N2CCC(Nc3ccccc3)C2)cc1. The molecule has 1 aromatic heterocycles. The van der Waals surface area contributed by atoms with E-state index in [1.54, 1.807) is 6.07 Å². The van der Waals surface area contributed by atoms with E-state index in [-0.39, 0.29) is 17.9 Å². The number of hydrogen-bond donors (Lipinski definition) is 2. The second-order valence-electron chi connectivity index (χ2n) is 8.14. The van der Waals surface area contributed by atoms with Gasteiger partial charge < -0.3 is 15.5 Å². The summed E-state index contributed by atoms with van der Waals surface area (Å²) in [5, 5.41) is 8.87. The molecule has 1 atom stereocenters. The first kappa shape index (κ1) is 21.1. The molecule has 1 aliphatic heterocycles. The number of nitrogens with zero attached hydrogens (tertiary/aromatic N) is 1. The zero-order valence-electron chi connectivity index (χ0n) is 17.8. The van der Waals surface area contributed by atoms with Crippen molar-refractivity contribution in [1.82, 2.24) is 4.90 Å². The van der Waals surface area contributed by atoms with Crippen LogP contribution >= 0.6 is 11.3 Å². The second kappa shape index (κ2) is 9.35. The lowest BCUT2D eigenvalue weighted by atomic mass is 10.0.